The van der Waals surface area contributed by atoms with Crippen LogP contribution in [0.25, 0.3) is 21.7 Å². The van der Waals surface area contributed by atoms with Crippen LogP contribution in [0.4, 0.5) is 11.6 Å². The Bertz CT molecular complexity index is 1720. The molecule has 0 radical (unpaired) electrons. The maximum atomic E-state index is 13.3. The van der Waals surface area contributed by atoms with E-state index in [2.05, 4.69) is 79.7 Å². The maximum Gasteiger partial charge on any atom is 0.268 e. The molecule has 0 fully saturated rings. The number of aryl methyl sites for hydroxylation is 2. The van der Waals surface area contributed by atoms with Crippen molar-refractivity contribution >= 4 is 51.9 Å². The zero-order valence-electron chi connectivity index (χ0n) is 21.7. The predicted octanol–water partition coefficient (Wildman–Crippen LogP) is 6.93. The summed E-state index contributed by atoms with van der Waals surface area (Å²) in [5.74, 6) is 1.79. The van der Waals surface area contributed by atoms with E-state index in [1.165, 1.54) is 23.3 Å². The van der Waals surface area contributed by atoms with E-state index in [0.717, 1.165) is 39.3 Å². The molecule has 0 bridgehead atoms. The van der Waals surface area contributed by atoms with Crippen molar-refractivity contribution in [2.75, 3.05) is 16.7 Å². The first kappa shape index (κ1) is 25.8. The third-order valence-corrected chi connectivity index (χ3v) is 8.60. The lowest BCUT2D eigenvalue weighted by Gasteiger charge is -2.18. The minimum atomic E-state index is -0.218. The van der Waals surface area contributed by atoms with Gasteiger partial charge in [0, 0.05) is 37.4 Å². The van der Waals surface area contributed by atoms with Crippen LogP contribution in [0.2, 0.25) is 0 Å². The molecule has 0 saturated heterocycles. The van der Waals surface area contributed by atoms with Crippen LogP contribution in [0.1, 0.15) is 20.8 Å². The van der Waals surface area contributed by atoms with Gasteiger partial charge in [0.15, 0.2) is 12.2 Å². The Morgan fingerprint density at radius 2 is 1.90 bits per heavy atom. The van der Waals surface area contributed by atoms with Crippen molar-refractivity contribution in [2.45, 2.75) is 18.7 Å². The molecule has 0 atom stereocenters. The molecule has 1 amide bonds. The number of benzene rings is 2. The van der Waals surface area contributed by atoms with Crippen LogP contribution >= 0.6 is 23.3 Å². The molecule has 0 aliphatic heterocycles. The Labute approximate surface area is 239 Å². The van der Waals surface area contributed by atoms with Crippen molar-refractivity contribution in [3.8, 4) is 10.6 Å². The highest BCUT2D eigenvalue weighted by molar-refractivity contribution is 7.99. The summed E-state index contributed by atoms with van der Waals surface area (Å²) < 4.78 is 9.59. The van der Waals surface area contributed by atoms with E-state index in [0.29, 0.717) is 23.1 Å². The molecule has 0 unspecified atom stereocenters. The smallest absolute Gasteiger partial charge is 0.268 e. The fraction of sp³-hybridized carbons (Fsp3) is 0.133. The number of nitrogens with one attached hydrogen (secondary N) is 1. The maximum absolute atomic E-state index is 13.3. The summed E-state index contributed by atoms with van der Waals surface area (Å²) in [6.07, 6.45) is 7.41. The summed E-state index contributed by atoms with van der Waals surface area (Å²) in [6.45, 7) is 0.642. The van der Waals surface area contributed by atoms with Gasteiger partial charge in [0.1, 0.15) is 0 Å². The molecule has 0 saturated carbocycles. The number of rotatable bonds is 10. The Morgan fingerprint density at radius 1 is 1.02 bits per heavy atom. The van der Waals surface area contributed by atoms with Gasteiger partial charge in [-0.05, 0) is 65.9 Å². The minimum Gasteiger partial charge on any atom is -0.443 e. The summed E-state index contributed by atoms with van der Waals surface area (Å²) in [4.78, 5) is 27.7. The number of hydrogen-bond acceptors (Lipinski definition) is 8. The molecule has 6 rings (SSSR count). The van der Waals surface area contributed by atoms with Crippen LogP contribution in [0.3, 0.4) is 0 Å². The second-order valence-electron chi connectivity index (χ2n) is 9.11. The summed E-state index contributed by atoms with van der Waals surface area (Å²) in [5, 5.41) is 3.05. The van der Waals surface area contributed by atoms with Crippen LogP contribution in [0, 0.1) is 0 Å². The highest BCUT2D eigenvalue weighted by Crippen LogP contribution is 2.31. The Morgan fingerprint density at radius 3 is 2.70 bits per heavy atom. The number of pyridine rings is 1. The molecule has 6 aromatic rings. The average molecular weight is 567 g/mol. The third kappa shape index (κ3) is 5.78. The van der Waals surface area contributed by atoms with Gasteiger partial charge in [-0.25, -0.2) is 9.97 Å². The Balaban J connectivity index is 1.26. The number of nitrogens with zero attached hydrogens (tertiary/aromatic N) is 5. The number of oxazole rings is 1. The molecule has 4 heterocycles. The lowest BCUT2D eigenvalue weighted by Crippen LogP contribution is -2.15. The monoisotopic (exact) mass is 566 g/mol. The predicted molar refractivity (Wildman–Crippen MR) is 162 cm³/mol. The number of hydrogen-bond donors (Lipinski definition) is 1. The number of imidazole rings is 1. The van der Waals surface area contributed by atoms with Crippen LogP contribution < -0.4 is 9.62 Å². The van der Waals surface area contributed by atoms with Gasteiger partial charge in [-0.1, -0.05) is 36.4 Å². The van der Waals surface area contributed by atoms with Crippen molar-refractivity contribution in [2.24, 2.45) is 0 Å². The van der Waals surface area contributed by atoms with Gasteiger partial charge >= 0.3 is 0 Å². The van der Waals surface area contributed by atoms with Gasteiger partial charge in [0.2, 0.25) is 5.95 Å². The number of thiophene rings is 1. The van der Waals surface area contributed by atoms with Crippen molar-refractivity contribution in [1.82, 2.24) is 19.5 Å². The summed E-state index contributed by atoms with van der Waals surface area (Å²) >= 11 is 3.08. The van der Waals surface area contributed by atoms with Crippen LogP contribution in [-0.2, 0) is 18.7 Å². The normalized spacial score (nSPS) is 11.1. The second kappa shape index (κ2) is 11.8. The van der Waals surface area contributed by atoms with E-state index in [1.807, 2.05) is 24.4 Å². The van der Waals surface area contributed by atoms with E-state index in [-0.39, 0.29) is 5.91 Å². The topological polar surface area (TPSA) is 89.1 Å². The zero-order chi connectivity index (χ0) is 27.3. The van der Waals surface area contributed by atoms with Crippen molar-refractivity contribution in [3.63, 3.8) is 0 Å². The first-order chi connectivity index (χ1) is 19.6. The van der Waals surface area contributed by atoms with Crippen molar-refractivity contribution in [1.29, 1.82) is 0 Å². The Kier molecular flexibility index (Phi) is 7.60. The molecular formula is C30H26N6O2S2. The molecule has 0 aliphatic carbocycles. The van der Waals surface area contributed by atoms with Gasteiger partial charge in [0.25, 0.3) is 5.91 Å². The highest BCUT2D eigenvalue weighted by atomic mass is 32.2. The van der Waals surface area contributed by atoms with Crippen LogP contribution in [0.5, 0.6) is 0 Å². The standard InChI is InChI=1S/C30H26N6O2S2/c1-35(39-19-22-6-3-2-4-7-22)23-9-10-25-24(16-23)33-30(36(25)15-13-21-8-5-14-31-17-21)34-29(37)28-12-11-27(40-28)26-18-32-20-38-26/h2-12,14,16-18,20H,13,15,19H2,1H3,(H,33,34,37). The molecule has 10 heteroatoms. The van der Waals surface area contributed by atoms with E-state index in [4.69, 9.17) is 9.40 Å². The van der Waals surface area contributed by atoms with Crippen LogP contribution in [0.15, 0.2) is 102 Å². The van der Waals surface area contributed by atoms with Gasteiger partial charge in [-0.3, -0.25) is 15.1 Å². The number of carbonyl (C=O) groups excluding carboxylic acids is 1. The van der Waals surface area contributed by atoms with E-state index >= 15 is 0 Å². The molecule has 0 spiro atoms. The number of aromatic nitrogens is 4. The lowest BCUT2D eigenvalue weighted by atomic mass is 10.2. The van der Waals surface area contributed by atoms with Gasteiger partial charge < -0.3 is 13.3 Å². The molecule has 8 nitrogen and oxygen atoms in total. The van der Waals surface area contributed by atoms with Crippen molar-refractivity contribution < 1.29 is 9.21 Å². The van der Waals surface area contributed by atoms with Gasteiger partial charge in [-0.15, -0.1) is 11.3 Å². The fourth-order valence-electron chi connectivity index (χ4n) is 4.34. The number of anilines is 2. The molecule has 2 aromatic carbocycles. The zero-order valence-corrected chi connectivity index (χ0v) is 23.4. The first-order valence-corrected chi connectivity index (χ1v) is 14.5. The third-order valence-electron chi connectivity index (χ3n) is 6.44. The van der Waals surface area contributed by atoms with Gasteiger partial charge in [0.05, 0.1) is 27.0 Å². The molecule has 200 valence electrons. The summed E-state index contributed by atoms with van der Waals surface area (Å²) in [7, 11) is 2.06. The van der Waals surface area contributed by atoms with Gasteiger partial charge in [-0.2, -0.15) is 0 Å². The lowest BCUT2D eigenvalue weighted by molar-refractivity contribution is 0.102. The van der Waals surface area contributed by atoms with Crippen molar-refractivity contribution in [3.05, 3.63) is 114 Å². The molecule has 4 aromatic heterocycles. The minimum absolute atomic E-state index is 0.218. The molecule has 40 heavy (non-hydrogen) atoms. The summed E-state index contributed by atoms with van der Waals surface area (Å²) in [5.41, 5.74) is 5.20. The van der Waals surface area contributed by atoms with E-state index in [9.17, 15) is 4.79 Å². The molecule has 1 N–H and O–H groups in total. The van der Waals surface area contributed by atoms with Crippen LogP contribution in [-0.4, -0.2) is 32.5 Å². The highest BCUT2D eigenvalue weighted by Gasteiger charge is 2.18. The first-order valence-electron chi connectivity index (χ1n) is 12.7. The quantitative estimate of drug-likeness (QED) is 0.180. The largest absolute Gasteiger partial charge is 0.443 e. The molecule has 0 aliphatic rings. The average Bonchev–Trinajstić information content (AvgIpc) is 3.76. The number of carbonyl (C=O) groups is 1. The van der Waals surface area contributed by atoms with E-state index < -0.39 is 0 Å². The molecular weight excluding hydrogens is 541 g/mol. The Hall–Kier alpha value is -4.41. The number of fused-ring (bicyclic) bond motifs is 1. The SMILES string of the molecule is CN(SCc1ccccc1)c1ccc2c(c1)nc(NC(=O)c1ccc(-c3cnco3)s1)n2CCc1cccnc1. The fourth-order valence-corrected chi connectivity index (χ4v) is 5.99. The second-order valence-corrected chi connectivity index (χ2v) is 11.3. The summed E-state index contributed by atoms with van der Waals surface area (Å²) in [6, 6.07) is 24.3. The van der Waals surface area contributed by atoms with E-state index in [1.54, 1.807) is 30.4 Å². The number of amides is 1.